The summed E-state index contributed by atoms with van der Waals surface area (Å²) in [7, 11) is -3.94. The van der Waals surface area contributed by atoms with Gasteiger partial charge in [-0.1, -0.05) is 11.6 Å². The number of carbonyl (C=O) groups is 2. The zero-order valence-electron chi connectivity index (χ0n) is 16.7. The predicted molar refractivity (Wildman–Crippen MR) is 122 cm³/mol. The van der Waals surface area contributed by atoms with Crippen LogP contribution in [0.1, 0.15) is 40.1 Å². The average molecular weight is 483 g/mol. The fraction of sp³-hybridized carbons (Fsp3) is 0.400. The van der Waals surface area contributed by atoms with Crippen LogP contribution < -0.4 is 15.8 Å². The molecule has 166 valence electrons. The van der Waals surface area contributed by atoms with E-state index in [1.54, 1.807) is 24.3 Å². The van der Waals surface area contributed by atoms with Crippen LogP contribution in [0.2, 0.25) is 5.02 Å². The number of amides is 2. The van der Waals surface area contributed by atoms with Crippen LogP contribution in [0, 0.1) is 5.92 Å². The van der Waals surface area contributed by atoms with Gasteiger partial charge in [0.25, 0.3) is 5.91 Å². The second kappa shape index (κ2) is 8.78. The van der Waals surface area contributed by atoms with Gasteiger partial charge in [0, 0.05) is 28.7 Å². The topological polar surface area (TPSA) is 122 Å². The van der Waals surface area contributed by atoms with Crippen molar-refractivity contribution in [3.8, 4) is 0 Å². The molecular formula is C20H23ClN4O4S2. The normalized spacial score (nSPS) is 19.1. The Hall–Kier alpha value is -2.14. The molecule has 1 aliphatic carbocycles. The molecule has 8 nitrogen and oxygen atoms in total. The molecule has 0 bridgehead atoms. The summed E-state index contributed by atoms with van der Waals surface area (Å²) in [4.78, 5) is 25.7. The molecule has 4 rings (SSSR count). The van der Waals surface area contributed by atoms with Crippen LogP contribution in [0.5, 0.6) is 0 Å². The number of halogens is 1. The SMILES string of the molecule is NC(=O)C1CCCN(S(=O)(=O)Nc2sc3c(c2C(=O)Nc2ccc(Cl)cc2)CCC3)C1. The van der Waals surface area contributed by atoms with Crippen molar-refractivity contribution in [2.45, 2.75) is 32.1 Å². The molecule has 1 atom stereocenters. The smallest absolute Gasteiger partial charge is 0.302 e. The lowest BCUT2D eigenvalue weighted by molar-refractivity contribution is -0.122. The van der Waals surface area contributed by atoms with E-state index in [9.17, 15) is 18.0 Å². The van der Waals surface area contributed by atoms with E-state index in [-0.39, 0.29) is 12.5 Å². The number of piperidine rings is 1. The number of nitrogens with one attached hydrogen (secondary N) is 2. The molecule has 1 saturated heterocycles. The van der Waals surface area contributed by atoms with Crippen molar-refractivity contribution < 1.29 is 18.0 Å². The number of benzene rings is 1. The Morgan fingerprint density at radius 1 is 1.16 bits per heavy atom. The molecule has 2 heterocycles. The highest BCUT2D eigenvalue weighted by atomic mass is 35.5. The lowest BCUT2D eigenvalue weighted by Gasteiger charge is -2.30. The van der Waals surface area contributed by atoms with Gasteiger partial charge >= 0.3 is 10.2 Å². The number of fused-ring (bicyclic) bond motifs is 1. The highest BCUT2D eigenvalue weighted by Crippen LogP contribution is 2.40. The summed E-state index contributed by atoms with van der Waals surface area (Å²) in [5, 5.41) is 3.69. The maximum Gasteiger partial charge on any atom is 0.302 e. The Kier molecular flexibility index (Phi) is 6.25. The van der Waals surface area contributed by atoms with Crippen molar-refractivity contribution in [1.29, 1.82) is 0 Å². The predicted octanol–water partition coefficient (Wildman–Crippen LogP) is 3.00. The number of rotatable bonds is 6. The van der Waals surface area contributed by atoms with E-state index in [1.807, 2.05) is 0 Å². The maximum atomic E-state index is 13.1. The third-order valence-corrected chi connectivity index (χ3v) is 8.66. The average Bonchev–Trinajstić information content (AvgIpc) is 3.30. The van der Waals surface area contributed by atoms with Gasteiger partial charge in [0.15, 0.2) is 0 Å². The number of thiophene rings is 1. The van der Waals surface area contributed by atoms with E-state index in [2.05, 4.69) is 10.0 Å². The van der Waals surface area contributed by atoms with Crippen molar-refractivity contribution in [1.82, 2.24) is 4.31 Å². The number of anilines is 2. The van der Waals surface area contributed by atoms with Crippen LogP contribution >= 0.6 is 22.9 Å². The maximum absolute atomic E-state index is 13.1. The zero-order valence-corrected chi connectivity index (χ0v) is 19.1. The molecule has 2 aliphatic rings. The second-order valence-electron chi connectivity index (χ2n) is 7.73. The molecule has 31 heavy (non-hydrogen) atoms. The lowest BCUT2D eigenvalue weighted by atomic mass is 9.99. The van der Waals surface area contributed by atoms with Crippen LogP contribution in [0.25, 0.3) is 0 Å². The fourth-order valence-electron chi connectivity index (χ4n) is 4.02. The van der Waals surface area contributed by atoms with Crippen molar-refractivity contribution in [2.75, 3.05) is 23.1 Å². The summed E-state index contributed by atoms with van der Waals surface area (Å²) >= 11 is 7.20. The number of hydrogen-bond donors (Lipinski definition) is 3. The monoisotopic (exact) mass is 482 g/mol. The summed E-state index contributed by atoms with van der Waals surface area (Å²) in [6, 6.07) is 6.72. The first-order valence-corrected chi connectivity index (χ1v) is 12.7. The molecule has 11 heteroatoms. The summed E-state index contributed by atoms with van der Waals surface area (Å²) in [6.45, 7) is 0.346. The highest BCUT2D eigenvalue weighted by molar-refractivity contribution is 7.90. The van der Waals surface area contributed by atoms with Gasteiger partial charge in [0.05, 0.1) is 11.5 Å². The lowest BCUT2D eigenvalue weighted by Crippen LogP contribution is -2.46. The summed E-state index contributed by atoms with van der Waals surface area (Å²) in [5.74, 6) is -1.38. The minimum Gasteiger partial charge on any atom is -0.369 e. The third-order valence-electron chi connectivity index (χ3n) is 5.60. The van der Waals surface area contributed by atoms with Crippen molar-refractivity contribution in [3.63, 3.8) is 0 Å². The van der Waals surface area contributed by atoms with Crippen LogP contribution in [0.15, 0.2) is 24.3 Å². The van der Waals surface area contributed by atoms with Gasteiger partial charge in [-0.05, 0) is 61.9 Å². The Labute approximate surface area is 189 Å². The number of nitrogens with zero attached hydrogens (tertiary/aromatic N) is 1. The minimum absolute atomic E-state index is 0.0437. The molecule has 1 unspecified atom stereocenters. The molecule has 4 N–H and O–H groups in total. The Bertz CT molecular complexity index is 1110. The summed E-state index contributed by atoms with van der Waals surface area (Å²) < 4.78 is 29.9. The van der Waals surface area contributed by atoms with Gasteiger partial charge in [-0.3, -0.25) is 14.3 Å². The second-order valence-corrected chi connectivity index (χ2v) is 10.9. The van der Waals surface area contributed by atoms with Crippen molar-refractivity contribution in [2.24, 2.45) is 11.7 Å². The third kappa shape index (κ3) is 4.72. The molecule has 0 saturated carbocycles. The number of carbonyl (C=O) groups excluding carboxylic acids is 2. The molecule has 2 aromatic rings. The Balaban J connectivity index is 1.59. The number of aryl methyl sites for hydroxylation is 1. The van der Waals surface area contributed by atoms with E-state index in [1.165, 1.54) is 15.6 Å². The standard InChI is InChI=1S/C20H23ClN4O4S2/c21-13-6-8-14(9-7-13)23-19(27)17-15-4-1-5-16(15)30-20(17)24-31(28,29)25-10-2-3-12(11-25)18(22)26/h6-9,12,24H,1-5,10-11H2,(H2,22,26)(H,23,27). The van der Waals surface area contributed by atoms with E-state index < -0.39 is 22.0 Å². The van der Waals surface area contributed by atoms with Gasteiger partial charge in [0.2, 0.25) is 5.91 Å². The molecule has 1 aromatic carbocycles. The van der Waals surface area contributed by atoms with Crippen molar-refractivity contribution in [3.05, 3.63) is 45.3 Å². The van der Waals surface area contributed by atoms with Crippen LogP contribution in [0.3, 0.4) is 0 Å². The summed E-state index contributed by atoms with van der Waals surface area (Å²) in [5.41, 5.74) is 7.20. The fourth-order valence-corrected chi connectivity index (χ4v) is 6.98. The largest absolute Gasteiger partial charge is 0.369 e. The molecule has 0 spiro atoms. The van der Waals surface area contributed by atoms with Gasteiger partial charge in [-0.25, -0.2) is 0 Å². The Morgan fingerprint density at radius 3 is 2.61 bits per heavy atom. The van der Waals surface area contributed by atoms with Gasteiger partial charge in [-0.2, -0.15) is 12.7 Å². The van der Waals surface area contributed by atoms with Crippen LogP contribution in [-0.4, -0.2) is 37.6 Å². The molecule has 1 aromatic heterocycles. The van der Waals surface area contributed by atoms with Gasteiger partial charge < -0.3 is 11.1 Å². The first kappa shape index (κ1) is 22.1. The van der Waals surface area contributed by atoms with Crippen molar-refractivity contribution >= 4 is 55.6 Å². The summed E-state index contributed by atoms with van der Waals surface area (Å²) in [6.07, 6.45) is 3.60. The van der Waals surface area contributed by atoms with E-state index in [0.29, 0.717) is 40.7 Å². The first-order chi connectivity index (χ1) is 14.7. The molecule has 2 amide bonds. The van der Waals surface area contributed by atoms with Gasteiger partial charge in [0.1, 0.15) is 5.00 Å². The number of hydrogen-bond acceptors (Lipinski definition) is 5. The number of primary amides is 1. The molecular weight excluding hydrogens is 460 g/mol. The highest BCUT2D eigenvalue weighted by Gasteiger charge is 2.34. The minimum atomic E-state index is -3.94. The van der Waals surface area contributed by atoms with Crippen LogP contribution in [0.4, 0.5) is 10.7 Å². The van der Waals surface area contributed by atoms with Gasteiger partial charge in [-0.15, -0.1) is 11.3 Å². The molecule has 1 aliphatic heterocycles. The zero-order chi connectivity index (χ0) is 22.2. The Morgan fingerprint density at radius 2 is 1.90 bits per heavy atom. The number of nitrogens with two attached hydrogens (primary N) is 1. The quantitative estimate of drug-likeness (QED) is 0.585. The van der Waals surface area contributed by atoms with E-state index in [4.69, 9.17) is 17.3 Å². The van der Waals surface area contributed by atoms with E-state index >= 15 is 0 Å². The van der Waals surface area contributed by atoms with E-state index in [0.717, 1.165) is 29.7 Å². The van der Waals surface area contributed by atoms with Crippen LogP contribution in [-0.2, 0) is 27.8 Å². The molecule has 0 radical (unpaired) electrons. The molecule has 1 fully saturated rings. The first-order valence-electron chi connectivity index (χ1n) is 10.0.